The van der Waals surface area contributed by atoms with Crippen molar-refractivity contribution in [2.75, 3.05) is 7.11 Å². The number of hydrazine groups is 1. The second-order valence-electron chi connectivity index (χ2n) is 3.60. The van der Waals surface area contributed by atoms with Crippen LogP contribution in [0.1, 0.15) is 17.4 Å². The highest BCUT2D eigenvalue weighted by molar-refractivity contribution is 5.33. The number of aromatic nitrogens is 2. The molecule has 0 aliphatic carbocycles. The molecule has 0 saturated heterocycles. The molecule has 6 heteroatoms. The average molecular weight is 248 g/mol. The smallest absolute Gasteiger partial charge is 0.165 e. The number of hydrogen-bond donors (Lipinski definition) is 2. The Hall–Kier alpha value is -2.05. The van der Waals surface area contributed by atoms with E-state index in [1.54, 1.807) is 24.5 Å². The van der Waals surface area contributed by atoms with Crippen LogP contribution in [-0.4, -0.2) is 17.1 Å². The highest BCUT2D eigenvalue weighted by atomic mass is 19.1. The van der Waals surface area contributed by atoms with Gasteiger partial charge in [-0.3, -0.25) is 5.84 Å². The first-order chi connectivity index (χ1) is 8.76. The van der Waals surface area contributed by atoms with Gasteiger partial charge in [-0.2, -0.15) is 0 Å². The van der Waals surface area contributed by atoms with Gasteiger partial charge < -0.3 is 4.74 Å². The van der Waals surface area contributed by atoms with Crippen molar-refractivity contribution in [3.8, 4) is 5.75 Å². The second-order valence-corrected chi connectivity index (χ2v) is 3.60. The van der Waals surface area contributed by atoms with Crippen molar-refractivity contribution in [2.45, 2.75) is 6.04 Å². The lowest BCUT2D eigenvalue weighted by Gasteiger charge is -2.15. The van der Waals surface area contributed by atoms with Gasteiger partial charge in [0.05, 0.1) is 7.11 Å². The molecule has 1 aromatic heterocycles. The van der Waals surface area contributed by atoms with E-state index in [-0.39, 0.29) is 5.75 Å². The van der Waals surface area contributed by atoms with E-state index in [2.05, 4.69) is 15.4 Å². The molecule has 5 nitrogen and oxygen atoms in total. The van der Waals surface area contributed by atoms with Crippen LogP contribution in [0.3, 0.4) is 0 Å². The van der Waals surface area contributed by atoms with Crippen LogP contribution in [0.4, 0.5) is 4.39 Å². The summed E-state index contributed by atoms with van der Waals surface area (Å²) in [6, 6.07) is 5.83. The monoisotopic (exact) mass is 248 g/mol. The van der Waals surface area contributed by atoms with Gasteiger partial charge in [0.1, 0.15) is 6.04 Å². The molecule has 0 fully saturated rings. The molecule has 1 aromatic carbocycles. The van der Waals surface area contributed by atoms with Crippen LogP contribution in [0.25, 0.3) is 0 Å². The SMILES string of the molecule is COc1ccc(C(NN)c2ncccn2)cc1F. The topological polar surface area (TPSA) is 73.1 Å². The molecule has 2 aromatic rings. The summed E-state index contributed by atoms with van der Waals surface area (Å²) >= 11 is 0. The van der Waals surface area contributed by atoms with Crippen molar-refractivity contribution in [2.24, 2.45) is 5.84 Å². The maximum absolute atomic E-state index is 13.6. The van der Waals surface area contributed by atoms with Crippen LogP contribution >= 0.6 is 0 Å². The summed E-state index contributed by atoms with van der Waals surface area (Å²) in [6.45, 7) is 0. The van der Waals surface area contributed by atoms with E-state index in [1.165, 1.54) is 19.2 Å². The fraction of sp³-hybridized carbons (Fsp3) is 0.167. The molecule has 0 radical (unpaired) electrons. The Bertz CT molecular complexity index is 521. The number of nitrogens with one attached hydrogen (secondary N) is 1. The molecule has 0 aliphatic rings. The van der Waals surface area contributed by atoms with E-state index < -0.39 is 11.9 Å². The van der Waals surface area contributed by atoms with Gasteiger partial charge in [-0.25, -0.2) is 19.8 Å². The van der Waals surface area contributed by atoms with Gasteiger partial charge in [-0.05, 0) is 23.8 Å². The molecule has 1 heterocycles. The van der Waals surface area contributed by atoms with Crippen molar-refractivity contribution >= 4 is 0 Å². The van der Waals surface area contributed by atoms with Crippen LogP contribution in [0, 0.1) is 5.82 Å². The highest BCUT2D eigenvalue weighted by Gasteiger charge is 2.16. The summed E-state index contributed by atoms with van der Waals surface area (Å²) in [5.74, 6) is 5.68. The normalized spacial score (nSPS) is 12.2. The van der Waals surface area contributed by atoms with E-state index in [0.29, 0.717) is 11.4 Å². The van der Waals surface area contributed by atoms with E-state index in [9.17, 15) is 4.39 Å². The lowest BCUT2D eigenvalue weighted by atomic mass is 10.1. The number of nitrogens with two attached hydrogens (primary N) is 1. The third-order valence-electron chi connectivity index (χ3n) is 2.52. The number of methoxy groups -OCH3 is 1. The molecule has 0 amide bonds. The van der Waals surface area contributed by atoms with E-state index in [4.69, 9.17) is 10.6 Å². The molecule has 18 heavy (non-hydrogen) atoms. The standard InChI is InChI=1S/C12H13FN4O/c1-18-10-4-3-8(7-9(10)13)11(17-14)12-15-5-2-6-16-12/h2-7,11,17H,14H2,1H3. The number of hydrogen-bond acceptors (Lipinski definition) is 5. The Morgan fingerprint density at radius 3 is 2.61 bits per heavy atom. The van der Waals surface area contributed by atoms with Crippen molar-refractivity contribution in [3.63, 3.8) is 0 Å². The minimum absolute atomic E-state index is 0.184. The highest BCUT2D eigenvalue weighted by Crippen LogP contribution is 2.23. The number of halogens is 1. The Morgan fingerprint density at radius 2 is 2.06 bits per heavy atom. The quantitative estimate of drug-likeness (QED) is 0.628. The Balaban J connectivity index is 2.37. The largest absolute Gasteiger partial charge is 0.494 e. The van der Waals surface area contributed by atoms with Crippen molar-refractivity contribution in [3.05, 3.63) is 53.9 Å². The van der Waals surface area contributed by atoms with Gasteiger partial charge in [0.25, 0.3) is 0 Å². The maximum atomic E-state index is 13.6. The number of ether oxygens (including phenoxy) is 1. The average Bonchev–Trinajstić information content (AvgIpc) is 2.41. The first-order valence-electron chi connectivity index (χ1n) is 5.32. The van der Waals surface area contributed by atoms with Gasteiger partial charge in [-0.1, -0.05) is 6.07 Å². The molecule has 0 saturated carbocycles. The van der Waals surface area contributed by atoms with Gasteiger partial charge in [-0.15, -0.1) is 0 Å². The van der Waals surface area contributed by atoms with Gasteiger partial charge in [0.2, 0.25) is 0 Å². The predicted octanol–water partition coefficient (Wildman–Crippen LogP) is 1.18. The molecule has 0 bridgehead atoms. The van der Waals surface area contributed by atoms with Crippen LogP contribution in [-0.2, 0) is 0 Å². The summed E-state index contributed by atoms with van der Waals surface area (Å²) in [5.41, 5.74) is 3.19. The zero-order chi connectivity index (χ0) is 13.0. The van der Waals surface area contributed by atoms with Crippen LogP contribution in [0.15, 0.2) is 36.7 Å². The minimum atomic E-state index is -0.466. The molecule has 94 valence electrons. The Morgan fingerprint density at radius 1 is 1.33 bits per heavy atom. The number of nitrogens with zero attached hydrogens (tertiary/aromatic N) is 2. The van der Waals surface area contributed by atoms with E-state index in [1.807, 2.05) is 0 Å². The summed E-state index contributed by atoms with van der Waals surface area (Å²) in [5, 5.41) is 0. The first-order valence-corrected chi connectivity index (χ1v) is 5.32. The fourth-order valence-corrected chi connectivity index (χ4v) is 1.64. The van der Waals surface area contributed by atoms with Crippen molar-refractivity contribution < 1.29 is 9.13 Å². The number of benzene rings is 1. The predicted molar refractivity (Wildman–Crippen MR) is 64.2 cm³/mol. The van der Waals surface area contributed by atoms with E-state index in [0.717, 1.165) is 0 Å². The molecular weight excluding hydrogens is 235 g/mol. The summed E-state index contributed by atoms with van der Waals surface area (Å²) in [4.78, 5) is 8.18. The lowest BCUT2D eigenvalue weighted by Crippen LogP contribution is -2.30. The number of rotatable bonds is 4. The third-order valence-corrected chi connectivity index (χ3v) is 2.52. The second kappa shape index (κ2) is 5.52. The fourth-order valence-electron chi connectivity index (χ4n) is 1.64. The van der Waals surface area contributed by atoms with Crippen LogP contribution in [0.2, 0.25) is 0 Å². The van der Waals surface area contributed by atoms with Gasteiger partial charge in [0, 0.05) is 12.4 Å². The Labute approximate surface area is 104 Å². The molecule has 1 unspecified atom stereocenters. The maximum Gasteiger partial charge on any atom is 0.165 e. The molecule has 0 aliphatic heterocycles. The van der Waals surface area contributed by atoms with Crippen molar-refractivity contribution in [1.29, 1.82) is 0 Å². The van der Waals surface area contributed by atoms with Crippen molar-refractivity contribution in [1.82, 2.24) is 15.4 Å². The van der Waals surface area contributed by atoms with Crippen LogP contribution in [0.5, 0.6) is 5.75 Å². The zero-order valence-corrected chi connectivity index (χ0v) is 9.80. The summed E-state index contributed by atoms with van der Waals surface area (Å²) < 4.78 is 18.5. The zero-order valence-electron chi connectivity index (χ0n) is 9.80. The van der Waals surface area contributed by atoms with Gasteiger partial charge >= 0.3 is 0 Å². The summed E-state index contributed by atoms with van der Waals surface area (Å²) in [7, 11) is 1.41. The molecule has 1 atom stereocenters. The van der Waals surface area contributed by atoms with E-state index >= 15 is 0 Å². The molecule has 2 rings (SSSR count). The molecule has 3 N–H and O–H groups in total. The Kier molecular flexibility index (Phi) is 3.81. The first kappa shape index (κ1) is 12.4. The van der Waals surface area contributed by atoms with Crippen LogP contribution < -0.4 is 16.0 Å². The summed E-state index contributed by atoms with van der Waals surface area (Å²) in [6.07, 6.45) is 3.21. The molecule has 0 spiro atoms. The minimum Gasteiger partial charge on any atom is -0.494 e. The molecular formula is C12H13FN4O. The lowest BCUT2D eigenvalue weighted by molar-refractivity contribution is 0.385. The third kappa shape index (κ3) is 2.44. The van der Waals surface area contributed by atoms with Gasteiger partial charge in [0.15, 0.2) is 17.4 Å².